The number of hydrogen-bond acceptors (Lipinski definition) is 3. The molecule has 2 rings (SSSR count). The van der Waals surface area contributed by atoms with E-state index in [4.69, 9.17) is 5.11 Å². The van der Waals surface area contributed by atoms with Gasteiger partial charge < -0.3 is 15.7 Å². The van der Waals surface area contributed by atoms with Crippen molar-refractivity contribution in [2.45, 2.75) is 38.1 Å². The Bertz CT molecular complexity index is 362. The first-order valence-electron chi connectivity index (χ1n) is 5.84. The maximum atomic E-state index is 11.7. The van der Waals surface area contributed by atoms with Gasteiger partial charge in [-0.1, -0.05) is 6.42 Å². The Morgan fingerprint density at radius 1 is 1.47 bits per heavy atom. The molecule has 1 saturated heterocycles. The molecule has 6 heteroatoms. The molecule has 0 unspecified atom stereocenters. The molecule has 0 aromatic heterocycles. The van der Waals surface area contributed by atoms with E-state index < -0.39 is 17.4 Å². The van der Waals surface area contributed by atoms with E-state index >= 15 is 0 Å². The maximum Gasteiger partial charge on any atom is 0.311 e. The summed E-state index contributed by atoms with van der Waals surface area (Å²) >= 11 is 0. The Morgan fingerprint density at radius 2 is 2.18 bits per heavy atom. The van der Waals surface area contributed by atoms with Crippen LogP contribution in [0.15, 0.2) is 0 Å². The minimum absolute atomic E-state index is 0.123. The molecule has 2 aliphatic rings. The number of nitrogens with one attached hydrogen (secondary N) is 2. The lowest BCUT2D eigenvalue weighted by Gasteiger charge is -2.37. The standard InChI is InChI=1S/C11H16N2O4/c14-8-3-2-7(13-8)9(15)12-6-11(10(16)17)4-1-5-11/h7H,1-6H2,(H,12,15)(H,13,14)(H,16,17)/t7-/m0/s1. The average molecular weight is 240 g/mol. The molecule has 0 bridgehead atoms. The highest BCUT2D eigenvalue weighted by molar-refractivity contribution is 5.91. The zero-order valence-electron chi connectivity index (χ0n) is 9.49. The third-order valence-electron chi connectivity index (χ3n) is 3.68. The quantitative estimate of drug-likeness (QED) is 0.625. The summed E-state index contributed by atoms with van der Waals surface area (Å²) in [5.74, 6) is -1.25. The van der Waals surface area contributed by atoms with E-state index in [9.17, 15) is 14.4 Å². The van der Waals surface area contributed by atoms with Crippen molar-refractivity contribution in [2.24, 2.45) is 5.41 Å². The summed E-state index contributed by atoms with van der Waals surface area (Å²) in [5.41, 5.74) is -0.779. The smallest absolute Gasteiger partial charge is 0.311 e. The number of rotatable bonds is 4. The normalized spacial score (nSPS) is 25.9. The Morgan fingerprint density at radius 3 is 2.59 bits per heavy atom. The van der Waals surface area contributed by atoms with Crippen molar-refractivity contribution in [3.63, 3.8) is 0 Å². The molecule has 0 aromatic carbocycles. The summed E-state index contributed by atoms with van der Waals surface area (Å²) in [4.78, 5) is 33.7. The van der Waals surface area contributed by atoms with Gasteiger partial charge in [0.15, 0.2) is 0 Å². The SMILES string of the molecule is O=C1CC[C@@H](C(=O)NCC2(C(=O)O)CCC2)N1. The molecule has 1 aliphatic carbocycles. The van der Waals surface area contributed by atoms with Gasteiger partial charge in [0.25, 0.3) is 0 Å². The van der Waals surface area contributed by atoms with Crippen LogP contribution >= 0.6 is 0 Å². The fraction of sp³-hybridized carbons (Fsp3) is 0.727. The van der Waals surface area contributed by atoms with E-state index in [1.807, 2.05) is 0 Å². The van der Waals surface area contributed by atoms with Crippen LogP contribution in [-0.4, -0.2) is 35.5 Å². The zero-order chi connectivity index (χ0) is 12.5. The molecule has 6 nitrogen and oxygen atoms in total. The summed E-state index contributed by atoms with van der Waals surface area (Å²) in [7, 11) is 0. The molecule has 2 amide bonds. The summed E-state index contributed by atoms with van der Waals surface area (Å²) in [6.07, 6.45) is 2.97. The molecule has 2 fully saturated rings. The van der Waals surface area contributed by atoms with Gasteiger partial charge in [-0.15, -0.1) is 0 Å². The third kappa shape index (κ3) is 2.25. The predicted molar refractivity (Wildman–Crippen MR) is 58.1 cm³/mol. The van der Waals surface area contributed by atoms with E-state index in [1.54, 1.807) is 0 Å². The highest BCUT2D eigenvalue weighted by Crippen LogP contribution is 2.40. The molecule has 1 aliphatic heterocycles. The lowest BCUT2D eigenvalue weighted by molar-refractivity contribution is -0.154. The molecular formula is C11H16N2O4. The number of carboxylic acids is 1. The minimum atomic E-state index is -0.848. The summed E-state index contributed by atoms with van der Waals surface area (Å²) in [6.45, 7) is 0.160. The molecule has 0 radical (unpaired) electrons. The lowest BCUT2D eigenvalue weighted by atomic mass is 9.69. The lowest BCUT2D eigenvalue weighted by Crippen LogP contribution is -2.51. The number of carbonyl (C=O) groups is 3. The van der Waals surface area contributed by atoms with Crippen molar-refractivity contribution < 1.29 is 19.5 Å². The third-order valence-corrected chi connectivity index (χ3v) is 3.68. The summed E-state index contributed by atoms with van der Waals surface area (Å²) < 4.78 is 0. The van der Waals surface area contributed by atoms with E-state index in [1.165, 1.54) is 0 Å². The Labute approximate surface area is 98.8 Å². The second kappa shape index (κ2) is 4.35. The van der Waals surface area contributed by atoms with Crippen LogP contribution in [0.1, 0.15) is 32.1 Å². The number of carboxylic acid groups (broad SMARTS) is 1. The highest BCUT2D eigenvalue weighted by atomic mass is 16.4. The van der Waals surface area contributed by atoms with Crippen LogP contribution in [0, 0.1) is 5.41 Å². The van der Waals surface area contributed by atoms with Gasteiger partial charge in [0.1, 0.15) is 6.04 Å². The second-order valence-corrected chi connectivity index (χ2v) is 4.82. The average Bonchev–Trinajstić information content (AvgIpc) is 2.62. The number of hydrogen-bond donors (Lipinski definition) is 3. The number of aliphatic carboxylic acids is 1. The maximum absolute atomic E-state index is 11.7. The Balaban J connectivity index is 1.83. The molecule has 1 saturated carbocycles. The van der Waals surface area contributed by atoms with Crippen LogP contribution in [0.3, 0.4) is 0 Å². The molecule has 94 valence electrons. The van der Waals surface area contributed by atoms with Gasteiger partial charge in [0, 0.05) is 13.0 Å². The van der Waals surface area contributed by atoms with Crippen LogP contribution in [0.2, 0.25) is 0 Å². The Kier molecular flexibility index (Phi) is 3.04. The van der Waals surface area contributed by atoms with E-state index in [-0.39, 0.29) is 18.4 Å². The largest absolute Gasteiger partial charge is 0.481 e. The highest BCUT2D eigenvalue weighted by Gasteiger charge is 2.44. The van der Waals surface area contributed by atoms with Crippen molar-refractivity contribution in [3.8, 4) is 0 Å². The monoisotopic (exact) mass is 240 g/mol. The minimum Gasteiger partial charge on any atom is -0.481 e. The van der Waals surface area contributed by atoms with Crippen LogP contribution < -0.4 is 10.6 Å². The van der Waals surface area contributed by atoms with Crippen molar-refractivity contribution >= 4 is 17.8 Å². The Hall–Kier alpha value is -1.59. The predicted octanol–water partition coefficient (Wildman–Crippen LogP) is -0.364. The van der Waals surface area contributed by atoms with Crippen LogP contribution in [0.4, 0.5) is 0 Å². The van der Waals surface area contributed by atoms with Gasteiger partial charge in [-0.05, 0) is 19.3 Å². The number of amides is 2. The van der Waals surface area contributed by atoms with Crippen molar-refractivity contribution in [2.75, 3.05) is 6.54 Å². The van der Waals surface area contributed by atoms with Gasteiger partial charge in [-0.25, -0.2) is 0 Å². The van der Waals surface area contributed by atoms with Crippen LogP contribution in [0.25, 0.3) is 0 Å². The first kappa shape index (κ1) is 11.9. The molecule has 1 atom stereocenters. The van der Waals surface area contributed by atoms with Gasteiger partial charge in [-0.3, -0.25) is 14.4 Å². The van der Waals surface area contributed by atoms with E-state index in [2.05, 4.69) is 10.6 Å². The fourth-order valence-corrected chi connectivity index (χ4v) is 2.26. The molecule has 3 N–H and O–H groups in total. The van der Waals surface area contributed by atoms with Crippen molar-refractivity contribution in [1.29, 1.82) is 0 Å². The second-order valence-electron chi connectivity index (χ2n) is 4.82. The first-order valence-corrected chi connectivity index (χ1v) is 5.84. The van der Waals surface area contributed by atoms with Gasteiger partial charge in [-0.2, -0.15) is 0 Å². The molecule has 0 aromatic rings. The molecular weight excluding hydrogens is 224 g/mol. The van der Waals surface area contributed by atoms with Gasteiger partial charge in [0.05, 0.1) is 5.41 Å². The number of carbonyl (C=O) groups excluding carboxylic acids is 2. The molecule has 17 heavy (non-hydrogen) atoms. The molecule has 0 spiro atoms. The van der Waals surface area contributed by atoms with E-state index in [0.29, 0.717) is 25.7 Å². The van der Waals surface area contributed by atoms with Crippen molar-refractivity contribution in [1.82, 2.24) is 10.6 Å². The summed E-state index contributed by atoms with van der Waals surface area (Å²) in [5, 5.41) is 14.3. The van der Waals surface area contributed by atoms with Crippen LogP contribution in [0.5, 0.6) is 0 Å². The fourth-order valence-electron chi connectivity index (χ4n) is 2.26. The van der Waals surface area contributed by atoms with Gasteiger partial charge in [0.2, 0.25) is 11.8 Å². The topological polar surface area (TPSA) is 95.5 Å². The van der Waals surface area contributed by atoms with Crippen LogP contribution in [-0.2, 0) is 14.4 Å². The summed E-state index contributed by atoms with van der Waals surface area (Å²) in [6, 6.07) is -0.492. The van der Waals surface area contributed by atoms with Crippen molar-refractivity contribution in [3.05, 3.63) is 0 Å². The first-order chi connectivity index (χ1) is 8.03. The zero-order valence-corrected chi connectivity index (χ0v) is 9.49. The molecule has 1 heterocycles. The van der Waals surface area contributed by atoms with E-state index in [0.717, 1.165) is 6.42 Å². The van der Waals surface area contributed by atoms with Gasteiger partial charge >= 0.3 is 5.97 Å².